The molecule has 0 heterocycles. The number of rotatable bonds is 3. The minimum Gasteiger partial charge on any atom is -0.398 e. The highest BCUT2D eigenvalue weighted by atomic mass is 127. The first-order valence-electron chi connectivity index (χ1n) is 4.87. The van der Waals surface area contributed by atoms with Crippen molar-refractivity contribution in [2.45, 2.75) is 32.7 Å². The molecule has 0 aromatic heterocycles. The van der Waals surface area contributed by atoms with E-state index in [0.29, 0.717) is 0 Å². The standard InChI is InChI=1S/C11H17IN2/c1-3-4-10(13)9-6-8(12)5-7(2)11(9)14/h5-6,10H,3-4,13-14H2,1-2H3/t10-/m1/s1. The van der Waals surface area contributed by atoms with Crippen LogP contribution in [0, 0.1) is 10.5 Å². The van der Waals surface area contributed by atoms with Crippen molar-refractivity contribution in [1.82, 2.24) is 0 Å². The van der Waals surface area contributed by atoms with E-state index in [-0.39, 0.29) is 6.04 Å². The summed E-state index contributed by atoms with van der Waals surface area (Å²) in [6.45, 7) is 4.16. The average Bonchev–Trinajstić information content (AvgIpc) is 2.11. The minimum absolute atomic E-state index is 0.0772. The fourth-order valence-corrected chi connectivity index (χ4v) is 2.36. The molecule has 0 amide bonds. The molecule has 1 aromatic rings. The van der Waals surface area contributed by atoms with Gasteiger partial charge >= 0.3 is 0 Å². The lowest BCUT2D eigenvalue weighted by molar-refractivity contribution is 0.639. The number of hydrogen-bond acceptors (Lipinski definition) is 2. The Balaban J connectivity index is 3.07. The molecule has 0 spiro atoms. The summed E-state index contributed by atoms with van der Waals surface area (Å²) in [5, 5.41) is 0. The monoisotopic (exact) mass is 304 g/mol. The van der Waals surface area contributed by atoms with Gasteiger partial charge in [0.1, 0.15) is 0 Å². The lowest BCUT2D eigenvalue weighted by Gasteiger charge is -2.15. The maximum absolute atomic E-state index is 6.06. The van der Waals surface area contributed by atoms with Crippen LogP contribution in [0.25, 0.3) is 0 Å². The van der Waals surface area contributed by atoms with E-state index in [9.17, 15) is 0 Å². The Morgan fingerprint density at radius 2 is 2.07 bits per heavy atom. The van der Waals surface area contributed by atoms with Gasteiger partial charge in [0.15, 0.2) is 0 Å². The molecule has 0 aliphatic heterocycles. The number of aryl methyl sites for hydroxylation is 1. The van der Waals surface area contributed by atoms with E-state index in [1.54, 1.807) is 0 Å². The lowest BCUT2D eigenvalue weighted by atomic mass is 9.99. The van der Waals surface area contributed by atoms with E-state index in [0.717, 1.165) is 29.7 Å². The number of nitrogen functional groups attached to an aromatic ring is 1. The van der Waals surface area contributed by atoms with Crippen molar-refractivity contribution in [2.75, 3.05) is 5.73 Å². The third kappa shape index (κ3) is 2.60. The molecule has 1 aromatic carbocycles. The van der Waals surface area contributed by atoms with Gasteiger partial charge in [-0.1, -0.05) is 13.3 Å². The molecule has 1 rings (SSSR count). The van der Waals surface area contributed by atoms with Crippen LogP contribution in [-0.4, -0.2) is 0 Å². The summed E-state index contributed by atoms with van der Waals surface area (Å²) in [5.74, 6) is 0. The Bertz CT molecular complexity index is 323. The van der Waals surface area contributed by atoms with Crippen molar-refractivity contribution in [3.63, 3.8) is 0 Å². The van der Waals surface area contributed by atoms with Gasteiger partial charge in [0.05, 0.1) is 0 Å². The zero-order valence-corrected chi connectivity index (χ0v) is 10.8. The molecule has 78 valence electrons. The molecule has 0 saturated heterocycles. The van der Waals surface area contributed by atoms with Gasteiger partial charge in [-0.2, -0.15) is 0 Å². The second-order valence-electron chi connectivity index (χ2n) is 3.62. The van der Waals surface area contributed by atoms with Crippen LogP contribution in [0.1, 0.15) is 36.9 Å². The van der Waals surface area contributed by atoms with Crippen LogP contribution in [0.5, 0.6) is 0 Å². The number of benzene rings is 1. The van der Waals surface area contributed by atoms with Crippen molar-refractivity contribution < 1.29 is 0 Å². The predicted molar refractivity (Wildman–Crippen MR) is 70.1 cm³/mol. The van der Waals surface area contributed by atoms with Crippen molar-refractivity contribution in [2.24, 2.45) is 5.73 Å². The summed E-state index contributed by atoms with van der Waals surface area (Å²) >= 11 is 2.30. The molecule has 1 atom stereocenters. The van der Waals surface area contributed by atoms with Crippen LogP contribution in [0.15, 0.2) is 12.1 Å². The van der Waals surface area contributed by atoms with Gasteiger partial charge in [-0.15, -0.1) is 0 Å². The van der Waals surface area contributed by atoms with E-state index in [1.807, 2.05) is 6.92 Å². The van der Waals surface area contributed by atoms with Crippen LogP contribution in [-0.2, 0) is 0 Å². The lowest BCUT2D eigenvalue weighted by Crippen LogP contribution is -2.13. The van der Waals surface area contributed by atoms with Gasteiger partial charge in [0.25, 0.3) is 0 Å². The van der Waals surface area contributed by atoms with Gasteiger partial charge in [-0.3, -0.25) is 0 Å². The summed E-state index contributed by atoms with van der Waals surface area (Å²) in [4.78, 5) is 0. The molecule has 0 fully saturated rings. The Morgan fingerprint density at radius 1 is 1.43 bits per heavy atom. The van der Waals surface area contributed by atoms with Crippen molar-refractivity contribution in [3.8, 4) is 0 Å². The van der Waals surface area contributed by atoms with E-state index in [2.05, 4.69) is 41.6 Å². The van der Waals surface area contributed by atoms with E-state index >= 15 is 0 Å². The fourth-order valence-electron chi connectivity index (χ4n) is 1.55. The SMILES string of the molecule is CCC[C@@H](N)c1cc(I)cc(C)c1N. The second kappa shape index (κ2) is 4.98. The number of nitrogens with two attached hydrogens (primary N) is 2. The zero-order valence-electron chi connectivity index (χ0n) is 8.68. The number of anilines is 1. The second-order valence-corrected chi connectivity index (χ2v) is 4.87. The molecule has 0 unspecified atom stereocenters. The summed E-state index contributed by atoms with van der Waals surface area (Å²) in [6, 6.07) is 4.25. The highest BCUT2D eigenvalue weighted by molar-refractivity contribution is 14.1. The summed E-state index contributed by atoms with van der Waals surface area (Å²) < 4.78 is 1.20. The van der Waals surface area contributed by atoms with Crippen LogP contribution >= 0.6 is 22.6 Å². The number of halogens is 1. The van der Waals surface area contributed by atoms with Gasteiger partial charge in [0, 0.05) is 15.3 Å². The summed E-state index contributed by atoms with van der Waals surface area (Å²) in [6.07, 6.45) is 2.08. The highest BCUT2D eigenvalue weighted by Crippen LogP contribution is 2.27. The molecule has 14 heavy (non-hydrogen) atoms. The average molecular weight is 304 g/mol. The Hall–Kier alpha value is -0.290. The maximum atomic E-state index is 6.06. The Kier molecular flexibility index (Phi) is 4.19. The first-order chi connectivity index (χ1) is 6.56. The molecule has 0 bridgehead atoms. The van der Waals surface area contributed by atoms with E-state index < -0.39 is 0 Å². The molecule has 0 radical (unpaired) electrons. The topological polar surface area (TPSA) is 52.0 Å². The van der Waals surface area contributed by atoms with Gasteiger partial charge in [-0.05, 0) is 59.2 Å². The molecular formula is C11H17IN2. The normalized spacial score (nSPS) is 12.9. The quantitative estimate of drug-likeness (QED) is 0.666. The molecule has 0 saturated carbocycles. The zero-order chi connectivity index (χ0) is 10.7. The van der Waals surface area contributed by atoms with Gasteiger partial charge in [0.2, 0.25) is 0 Å². The Morgan fingerprint density at radius 3 is 2.64 bits per heavy atom. The summed E-state index contributed by atoms with van der Waals surface area (Å²) in [7, 11) is 0. The third-order valence-corrected chi connectivity index (χ3v) is 3.01. The van der Waals surface area contributed by atoms with Gasteiger partial charge < -0.3 is 11.5 Å². The largest absolute Gasteiger partial charge is 0.398 e. The Labute approximate surface area is 99.2 Å². The van der Waals surface area contributed by atoms with Crippen LogP contribution in [0.3, 0.4) is 0 Å². The molecule has 0 aliphatic rings. The third-order valence-electron chi connectivity index (χ3n) is 2.38. The number of hydrogen-bond donors (Lipinski definition) is 2. The maximum Gasteiger partial charge on any atom is 0.0392 e. The smallest absolute Gasteiger partial charge is 0.0392 e. The van der Waals surface area contributed by atoms with Crippen LogP contribution in [0.2, 0.25) is 0 Å². The molecule has 4 N–H and O–H groups in total. The van der Waals surface area contributed by atoms with Gasteiger partial charge in [-0.25, -0.2) is 0 Å². The molecule has 2 nitrogen and oxygen atoms in total. The van der Waals surface area contributed by atoms with E-state index in [4.69, 9.17) is 11.5 Å². The predicted octanol–water partition coefficient (Wildman–Crippen LogP) is 2.98. The highest BCUT2D eigenvalue weighted by Gasteiger charge is 2.11. The first-order valence-corrected chi connectivity index (χ1v) is 5.95. The fraction of sp³-hybridized carbons (Fsp3) is 0.455. The van der Waals surface area contributed by atoms with Crippen molar-refractivity contribution >= 4 is 28.3 Å². The van der Waals surface area contributed by atoms with Crippen molar-refractivity contribution in [3.05, 3.63) is 26.8 Å². The summed E-state index contributed by atoms with van der Waals surface area (Å²) in [5.41, 5.74) is 15.1. The molecular weight excluding hydrogens is 287 g/mol. The van der Waals surface area contributed by atoms with Crippen LogP contribution < -0.4 is 11.5 Å². The molecule has 0 aliphatic carbocycles. The van der Waals surface area contributed by atoms with Crippen molar-refractivity contribution in [1.29, 1.82) is 0 Å². The minimum atomic E-state index is 0.0772. The van der Waals surface area contributed by atoms with E-state index in [1.165, 1.54) is 3.57 Å². The molecule has 3 heteroatoms. The van der Waals surface area contributed by atoms with Crippen LogP contribution in [0.4, 0.5) is 5.69 Å². The first kappa shape index (κ1) is 11.8.